The zero-order valence-corrected chi connectivity index (χ0v) is 25.0. The molecule has 3 nitrogen and oxygen atoms in total. The van der Waals surface area contributed by atoms with Crippen LogP contribution in [0.25, 0.3) is 0 Å². The third-order valence-electron chi connectivity index (χ3n) is 4.85. The quantitative estimate of drug-likeness (QED) is 0.204. The molecule has 0 fully saturated rings. The fourth-order valence-corrected chi connectivity index (χ4v) is 4.91. The van der Waals surface area contributed by atoms with Crippen LogP contribution in [0.4, 0.5) is 11.4 Å². The summed E-state index contributed by atoms with van der Waals surface area (Å²) < 4.78 is 1.99. The van der Waals surface area contributed by atoms with Crippen molar-refractivity contribution in [2.75, 3.05) is 0 Å². The summed E-state index contributed by atoms with van der Waals surface area (Å²) in [6.07, 6.45) is 0. The molecule has 0 amide bonds. The second-order valence-corrected chi connectivity index (χ2v) is 11.2. The third-order valence-corrected chi connectivity index (χ3v) is 6.06. The molecule has 3 rings (SSSR count). The van der Waals surface area contributed by atoms with Crippen LogP contribution in [0, 0.1) is 27.7 Å². The Bertz CT molecular complexity index is 1080. The third kappa shape index (κ3) is 8.02. The van der Waals surface area contributed by atoms with E-state index in [1.54, 1.807) is 0 Å². The molecule has 0 spiro atoms. The van der Waals surface area contributed by atoms with Gasteiger partial charge in [0.05, 0.1) is 34.2 Å². The molecular weight excluding hydrogens is 629 g/mol. The second-order valence-electron chi connectivity index (χ2n) is 7.68. The van der Waals surface area contributed by atoms with Gasteiger partial charge in [-0.1, -0.05) is 18.2 Å². The van der Waals surface area contributed by atoms with Crippen LogP contribution in [-0.2, 0) is 13.1 Å². The monoisotopic (exact) mass is 651 g/mol. The maximum atomic E-state index is 4.85. The first-order valence-corrected chi connectivity index (χ1v) is 14.7. The fraction of sp³-hybridized carbons (Fsp3) is 0.240. The first kappa shape index (κ1) is 28.2. The van der Waals surface area contributed by atoms with E-state index in [-0.39, 0.29) is 13.1 Å². The van der Waals surface area contributed by atoms with Crippen molar-refractivity contribution in [2.45, 2.75) is 41.5 Å². The zero-order valence-electron chi connectivity index (χ0n) is 19.2. The zero-order chi connectivity index (χ0) is 24.7. The number of halogens is 4. The molecule has 0 N–H and O–H groups in total. The van der Waals surface area contributed by atoms with Gasteiger partial charge < -0.3 is 0 Å². The molecule has 0 aliphatic rings. The van der Waals surface area contributed by atoms with Gasteiger partial charge in [0.2, 0.25) is 0 Å². The van der Waals surface area contributed by atoms with Gasteiger partial charge in [-0.05, 0) is 120 Å². The average molecular weight is 654 g/mol. The van der Waals surface area contributed by atoms with E-state index >= 15 is 0 Å². The Labute approximate surface area is 228 Å². The Balaban J connectivity index is 0.00000122. The van der Waals surface area contributed by atoms with Crippen LogP contribution >= 0.6 is 52.1 Å². The number of aromatic nitrogens is 1. The molecule has 1 aromatic heterocycles. The van der Waals surface area contributed by atoms with Crippen molar-refractivity contribution in [1.82, 2.24) is 4.98 Å². The molecule has 0 saturated carbocycles. The Morgan fingerprint density at radius 3 is 1.45 bits per heavy atom. The Kier molecular flexibility index (Phi) is 11.3. The molecule has 3 aromatic rings. The number of pyridine rings is 1. The van der Waals surface area contributed by atoms with Crippen LogP contribution in [0.2, 0.25) is 0 Å². The summed E-state index contributed by atoms with van der Waals surface area (Å²) in [5.74, 6) is 0. The number of aryl methyl sites for hydroxylation is 4. The predicted octanol–water partition coefficient (Wildman–Crippen LogP) is 9.50. The van der Waals surface area contributed by atoms with Gasteiger partial charge in [0.1, 0.15) is 0 Å². The second kappa shape index (κ2) is 13.2. The molecule has 0 aliphatic heterocycles. The van der Waals surface area contributed by atoms with E-state index in [4.69, 9.17) is 35.2 Å². The summed E-state index contributed by atoms with van der Waals surface area (Å²) in [4.78, 5) is 14.5. The van der Waals surface area contributed by atoms with Gasteiger partial charge in [-0.25, -0.2) is 4.98 Å². The normalized spacial score (nSPS) is 11.9. The minimum absolute atomic E-state index is 0.194. The Morgan fingerprint density at radius 2 is 1.12 bits per heavy atom. The molecule has 0 radical (unpaired) electrons. The maximum absolute atomic E-state index is 4.85. The molecule has 33 heavy (non-hydrogen) atoms. The van der Waals surface area contributed by atoms with E-state index in [9.17, 15) is 0 Å². The molecule has 1 heterocycles. The molecule has 0 atom stereocenters. The van der Waals surface area contributed by atoms with Crippen molar-refractivity contribution in [3.63, 3.8) is 0 Å². The number of hydrogen-bond donors (Lipinski definition) is 0. The van der Waals surface area contributed by atoms with Crippen molar-refractivity contribution < 1.29 is 13.1 Å². The average Bonchev–Trinajstić information content (AvgIpc) is 2.73. The standard InChI is InChI=1S/C25H25Br2N3.2ClH.Fe/c1-14-10-16(3)24(20(26)12-14)28-18(5)22-8-7-9-23(30-22)19(6)29-25-17(4)11-15(2)13-21(25)27;;;/h7-13H,1-6H3;2*1H;/q;;;+2/p-2. The van der Waals surface area contributed by atoms with E-state index < -0.39 is 0 Å². The molecule has 2 aromatic carbocycles. The van der Waals surface area contributed by atoms with Crippen molar-refractivity contribution in [3.05, 3.63) is 85.1 Å². The first-order chi connectivity index (χ1) is 15.6. The number of aliphatic imine (C=N–C) groups is 2. The van der Waals surface area contributed by atoms with E-state index in [0.29, 0.717) is 0 Å². The molecule has 176 valence electrons. The number of hydrogen-bond acceptors (Lipinski definition) is 3. The van der Waals surface area contributed by atoms with Gasteiger partial charge in [0.25, 0.3) is 0 Å². The van der Waals surface area contributed by atoms with Crippen LogP contribution in [0.15, 0.2) is 61.4 Å². The van der Waals surface area contributed by atoms with E-state index in [2.05, 4.69) is 83.8 Å². The van der Waals surface area contributed by atoms with E-state index in [0.717, 1.165) is 54.3 Å². The summed E-state index contributed by atoms with van der Waals surface area (Å²) in [6.45, 7) is 12.3. The molecule has 0 saturated heterocycles. The van der Waals surface area contributed by atoms with Crippen LogP contribution < -0.4 is 0 Å². The van der Waals surface area contributed by atoms with Crippen LogP contribution in [0.5, 0.6) is 0 Å². The molecule has 0 unspecified atom stereocenters. The van der Waals surface area contributed by atoms with Crippen molar-refractivity contribution in [3.8, 4) is 0 Å². The van der Waals surface area contributed by atoms with E-state index in [1.165, 1.54) is 11.1 Å². The number of rotatable bonds is 4. The Hall–Kier alpha value is -1.01. The van der Waals surface area contributed by atoms with Crippen LogP contribution in [-0.4, -0.2) is 16.4 Å². The van der Waals surface area contributed by atoms with E-state index in [1.807, 2.05) is 32.0 Å². The summed E-state index contributed by atoms with van der Waals surface area (Å²) in [6, 6.07) is 14.4. The van der Waals surface area contributed by atoms with Crippen molar-refractivity contribution in [1.29, 1.82) is 0 Å². The van der Waals surface area contributed by atoms with Gasteiger partial charge in [-0.2, -0.15) is 0 Å². The van der Waals surface area contributed by atoms with Gasteiger partial charge in [-0.3, -0.25) is 9.98 Å². The minimum atomic E-state index is 0.194. The SMILES string of the molecule is CC(=Nc1c(C)cc(C)cc1Br)c1cccc(C(C)=Nc2c(C)cc(C)cc2Br)n1.[Cl][Fe][Cl]. The van der Waals surface area contributed by atoms with Gasteiger partial charge >= 0.3 is 33.3 Å². The van der Waals surface area contributed by atoms with Crippen molar-refractivity contribution >= 4 is 74.9 Å². The topological polar surface area (TPSA) is 37.6 Å². The summed E-state index contributed by atoms with van der Waals surface area (Å²) >= 11 is 7.48. The summed E-state index contributed by atoms with van der Waals surface area (Å²) in [7, 11) is 9.53. The fourth-order valence-electron chi connectivity index (χ4n) is 3.39. The molecule has 8 heteroatoms. The van der Waals surface area contributed by atoms with Crippen LogP contribution in [0.1, 0.15) is 47.5 Å². The Morgan fingerprint density at radius 1 is 0.758 bits per heavy atom. The summed E-state index contributed by atoms with van der Waals surface area (Å²) in [5, 5.41) is 0. The number of nitrogens with zero attached hydrogens (tertiary/aromatic N) is 3. The summed E-state index contributed by atoms with van der Waals surface area (Å²) in [5.41, 5.74) is 9.98. The van der Waals surface area contributed by atoms with Crippen molar-refractivity contribution in [2.24, 2.45) is 9.98 Å². The molecule has 0 bridgehead atoms. The number of benzene rings is 2. The van der Waals surface area contributed by atoms with Crippen LogP contribution in [0.3, 0.4) is 0 Å². The molecular formula is C25H25Br2Cl2FeN3. The van der Waals surface area contributed by atoms with Gasteiger partial charge in [-0.15, -0.1) is 0 Å². The molecule has 0 aliphatic carbocycles. The van der Waals surface area contributed by atoms with Gasteiger partial charge in [0, 0.05) is 8.95 Å². The first-order valence-electron chi connectivity index (χ1n) is 10.0. The van der Waals surface area contributed by atoms with Gasteiger partial charge in [0.15, 0.2) is 0 Å². The predicted molar refractivity (Wildman–Crippen MR) is 147 cm³/mol.